The molecule has 0 spiro atoms. The van der Waals surface area contributed by atoms with E-state index < -0.39 is 0 Å². The third kappa shape index (κ3) is 4.15. The summed E-state index contributed by atoms with van der Waals surface area (Å²) in [5, 5.41) is 6.85. The predicted octanol–water partition coefficient (Wildman–Crippen LogP) is 5.20. The maximum atomic E-state index is 12.5. The van der Waals surface area contributed by atoms with Crippen LogP contribution >= 0.6 is 11.6 Å². The van der Waals surface area contributed by atoms with Crippen LogP contribution in [-0.4, -0.2) is 5.91 Å². The lowest BCUT2D eigenvalue weighted by Gasteiger charge is -2.12. The number of amides is 1. The molecule has 0 aliphatic rings. The van der Waals surface area contributed by atoms with Gasteiger partial charge < -0.3 is 10.6 Å². The zero-order valence-electron chi connectivity index (χ0n) is 13.0. The number of anilines is 2. The van der Waals surface area contributed by atoms with E-state index in [0.29, 0.717) is 22.8 Å². The first-order chi connectivity index (χ1) is 11.7. The fourth-order valence-corrected chi connectivity index (χ4v) is 2.49. The van der Waals surface area contributed by atoms with Crippen LogP contribution in [0.1, 0.15) is 15.9 Å². The molecular formula is C20H17ClN2O. The van der Waals surface area contributed by atoms with E-state index in [-0.39, 0.29) is 5.91 Å². The molecule has 0 unspecified atom stereocenters. The van der Waals surface area contributed by atoms with Crippen molar-refractivity contribution in [1.29, 1.82) is 0 Å². The van der Waals surface area contributed by atoms with E-state index in [1.807, 2.05) is 48.5 Å². The van der Waals surface area contributed by atoms with Gasteiger partial charge in [-0.2, -0.15) is 0 Å². The van der Waals surface area contributed by atoms with Crippen molar-refractivity contribution in [2.45, 2.75) is 6.54 Å². The normalized spacial score (nSPS) is 10.2. The summed E-state index contributed by atoms with van der Waals surface area (Å²) in [4.78, 5) is 12.5. The van der Waals surface area contributed by atoms with Crippen molar-refractivity contribution in [3.63, 3.8) is 0 Å². The van der Waals surface area contributed by atoms with Crippen LogP contribution < -0.4 is 10.6 Å². The van der Waals surface area contributed by atoms with Gasteiger partial charge >= 0.3 is 0 Å². The monoisotopic (exact) mass is 336 g/mol. The summed E-state index contributed by atoms with van der Waals surface area (Å²) in [7, 11) is 0. The Morgan fingerprint density at radius 3 is 2.25 bits per heavy atom. The van der Waals surface area contributed by atoms with Crippen LogP contribution in [-0.2, 0) is 6.54 Å². The molecular weight excluding hydrogens is 320 g/mol. The van der Waals surface area contributed by atoms with Crippen LogP contribution in [0.4, 0.5) is 11.4 Å². The van der Waals surface area contributed by atoms with E-state index in [1.54, 1.807) is 30.3 Å². The first-order valence-corrected chi connectivity index (χ1v) is 8.04. The summed E-state index contributed by atoms with van der Waals surface area (Å²) in [6.07, 6.45) is 0. The van der Waals surface area contributed by atoms with Gasteiger partial charge in [-0.15, -0.1) is 0 Å². The van der Waals surface area contributed by atoms with Gasteiger partial charge in [-0.3, -0.25) is 4.79 Å². The Bertz CT molecular complexity index is 817. The SMILES string of the molecule is O=C(Nc1ccc(Cl)cc1)c1ccccc1NCc1ccccc1. The third-order valence-corrected chi connectivity index (χ3v) is 3.85. The Balaban J connectivity index is 1.73. The fraction of sp³-hybridized carbons (Fsp3) is 0.0500. The number of rotatable bonds is 5. The number of halogens is 1. The van der Waals surface area contributed by atoms with Gasteiger partial charge in [0.05, 0.1) is 5.56 Å². The zero-order valence-corrected chi connectivity index (χ0v) is 13.8. The van der Waals surface area contributed by atoms with Gasteiger partial charge in [-0.05, 0) is 42.0 Å². The van der Waals surface area contributed by atoms with Crippen molar-refractivity contribution in [3.05, 3.63) is 95.0 Å². The highest BCUT2D eigenvalue weighted by Gasteiger charge is 2.11. The zero-order chi connectivity index (χ0) is 16.8. The summed E-state index contributed by atoms with van der Waals surface area (Å²) >= 11 is 5.87. The summed E-state index contributed by atoms with van der Waals surface area (Å²) in [5.41, 5.74) is 3.27. The lowest BCUT2D eigenvalue weighted by atomic mass is 10.1. The van der Waals surface area contributed by atoms with Crippen LogP contribution in [0.5, 0.6) is 0 Å². The molecule has 0 aliphatic carbocycles. The van der Waals surface area contributed by atoms with Crippen molar-refractivity contribution in [2.75, 3.05) is 10.6 Å². The van der Waals surface area contributed by atoms with Crippen molar-refractivity contribution < 1.29 is 4.79 Å². The van der Waals surface area contributed by atoms with Gasteiger partial charge in [-0.25, -0.2) is 0 Å². The molecule has 24 heavy (non-hydrogen) atoms. The number of para-hydroxylation sites is 1. The molecule has 0 radical (unpaired) electrons. The lowest BCUT2D eigenvalue weighted by molar-refractivity contribution is 0.102. The highest BCUT2D eigenvalue weighted by molar-refractivity contribution is 6.30. The maximum Gasteiger partial charge on any atom is 0.257 e. The van der Waals surface area contributed by atoms with E-state index >= 15 is 0 Å². The van der Waals surface area contributed by atoms with Crippen LogP contribution in [0.15, 0.2) is 78.9 Å². The molecule has 0 atom stereocenters. The number of hydrogen-bond acceptors (Lipinski definition) is 2. The standard InChI is InChI=1S/C20H17ClN2O/c21-16-10-12-17(13-11-16)23-20(24)18-8-4-5-9-19(18)22-14-15-6-2-1-3-7-15/h1-13,22H,14H2,(H,23,24). The molecule has 0 heterocycles. The molecule has 0 aromatic heterocycles. The molecule has 120 valence electrons. The van der Waals surface area contributed by atoms with Crippen molar-refractivity contribution in [3.8, 4) is 0 Å². The van der Waals surface area contributed by atoms with Gasteiger partial charge in [0, 0.05) is 22.9 Å². The number of benzene rings is 3. The molecule has 3 nitrogen and oxygen atoms in total. The molecule has 3 aromatic carbocycles. The fourth-order valence-electron chi connectivity index (χ4n) is 2.36. The minimum Gasteiger partial charge on any atom is -0.380 e. The Hall–Kier alpha value is -2.78. The Labute approximate surface area is 146 Å². The topological polar surface area (TPSA) is 41.1 Å². The molecule has 0 fully saturated rings. The second-order valence-corrected chi connectivity index (χ2v) is 5.78. The Kier molecular flexibility index (Phi) is 5.14. The Morgan fingerprint density at radius 2 is 1.50 bits per heavy atom. The highest BCUT2D eigenvalue weighted by Crippen LogP contribution is 2.19. The smallest absolute Gasteiger partial charge is 0.257 e. The highest BCUT2D eigenvalue weighted by atomic mass is 35.5. The van der Waals surface area contributed by atoms with Gasteiger partial charge in [0.2, 0.25) is 0 Å². The van der Waals surface area contributed by atoms with E-state index in [2.05, 4.69) is 10.6 Å². The van der Waals surface area contributed by atoms with Crippen molar-refractivity contribution in [2.24, 2.45) is 0 Å². The Morgan fingerprint density at radius 1 is 0.833 bits per heavy atom. The number of nitrogens with one attached hydrogen (secondary N) is 2. The quantitative estimate of drug-likeness (QED) is 0.672. The second kappa shape index (κ2) is 7.66. The average Bonchev–Trinajstić information content (AvgIpc) is 2.63. The summed E-state index contributed by atoms with van der Waals surface area (Å²) in [6.45, 7) is 0.659. The van der Waals surface area contributed by atoms with Gasteiger partial charge in [0.1, 0.15) is 0 Å². The van der Waals surface area contributed by atoms with Crippen LogP contribution in [0.25, 0.3) is 0 Å². The van der Waals surface area contributed by atoms with Crippen molar-refractivity contribution in [1.82, 2.24) is 0 Å². The second-order valence-electron chi connectivity index (χ2n) is 5.35. The van der Waals surface area contributed by atoms with E-state index in [1.165, 1.54) is 0 Å². The van der Waals surface area contributed by atoms with Crippen LogP contribution in [0.3, 0.4) is 0 Å². The molecule has 0 saturated carbocycles. The first kappa shape index (κ1) is 16.1. The first-order valence-electron chi connectivity index (χ1n) is 7.66. The van der Waals surface area contributed by atoms with Crippen LogP contribution in [0, 0.1) is 0 Å². The van der Waals surface area contributed by atoms with Gasteiger partial charge in [0.15, 0.2) is 0 Å². The molecule has 2 N–H and O–H groups in total. The molecule has 0 aliphatic heterocycles. The molecule has 1 amide bonds. The lowest BCUT2D eigenvalue weighted by Crippen LogP contribution is -2.14. The average molecular weight is 337 g/mol. The summed E-state index contributed by atoms with van der Waals surface area (Å²) < 4.78 is 0. The van der Waals surface area contributed by atoms with Crippen LogP contribution in [0.2, 0.25) is 5.02 Å². The molecule has 3 aromatic rings. The minimum absolute atomic E-state index is 0.159. The number of carbonyl (C=O) groups is 1. The van der Waals surface area contributed by atoms with Gasteiger partial charge in [0.25, 0.3) is 5.91 Å². The minimum atomic E-state index is -0.159. The molecule has 0 saturated heterocycles. The summed E-state index contributed by atoms with van der Waals surface area (Å²) in [6, 6.07) is 24.6. The van der Waals surface area contributed by atoms with Gasteiger partial charge in [-0.1, -0.05) is 54.1 Å². The number of hydrogen-bond donors (Lipinski definition) is 2. The van der Waals surface area contributed by atoms with E-state index in [9.17, 15) is 4.79 Å². The maximum absolute atomic E-state index is 12.5. The third-order valence-electron chi connectivity index (χ3n) is 3.60. The van der Waals surface area contributed by atoms with Crippen molar-refractivity contribution >= 4 is 28.9 Å². The number of carbonyl (C=O) groups excluding carboxylic acids is 1. The van der Waals surface area contributed by atoms with E-state index in [4.69, 9.17) is 11.6 Å². The molecule has 4 heteroatoms. The van der Waals surface area contributed by atoms with E-state index in [0.717, 1.165) is 11.3 Å². The molecule has 0 bridgehead atoms. The largest absolute Gasteiger partial charge is 0.380 e. The molecule has 3 rings (SSSR count). The predicted molar refractivity (Wildman–Crippen MR) is 99.6 cm³/mol. The summed E-state index contributed by atoms with van der Waals surface area (Å²) in [5.74, 6) is -0.159.